The zero-order valence-corrected chi connectivity index (χ0v) is 15.4. The molecule has 0 radical (unpaired) electrons. The van der Waals surface area contributed by atoms with Crippen molar-refractivity contribution < 1.29 is 22.8 Å². The molecular formula is C19H18N2O5S. The molecule has 1 saturated heterocycles. The van der Waals surface area contributed by atoms with Crippen LogP contribution in [0.25, 0.3) is 0 Å². The molecule has 1 atom stereocenters. The van der Waals surface area contributed by atoms with Gasteiger partial charge in [-0.1, -0.05) is 18.2 Å². The third kappa shape index (κ3) is 3.75. The van der Waals surface area contributed by atoms with Gasteiger partial charge in [-0.2, -0.15) is 0 Å². The number of nitrogens with zero attached hydrogens (tertiary/aromatic N) is 1. The molecule has 2 aromatic rings. The van der Waals surface area contributed by atoms with Crippen LogP contribution in [0.4, 0.5) is 5.69 Å². The summed E-state index contributed by atoms with van der Waals surface area (Å²) < 4.78 is 26.3. The van der Waals surface area contributed by atoms with Gasteiger partial charge in [-0.3, -0.25) is 14.4 Å². The van der Waals surface area contributed by atoms with Gasteiger partial charge < -0.3 is 5.32 Å². The van der Waals surface area contributed by atoms with Gasteiger partial charge in [0.15, 0.2) is 5.78 Å². The van der Waals surface area contributed by atoms with E-state index in [4.69, 9.17) is 0 Å². The number of nitrogens with one attached hydrogen (secondary N) is 1. The van der Waals surface area contributed by atoms with Crippen LogP contribution in [0.1, 0.15) is 30.1 Å². The molecule has 0 aliphatic carbocycles. The summed E-state index contributed by atoms with van der Waals surface area (Å²) >= 11 is 0. The number of Topliss-reactive ketones (excluding diaryl/α,β-unsaturated/α-hetero) is 1. The summed E-state index contributed by atoms with van der Waals surface area (Å²) in [6, 6.07) is 12.7. The summed E-state index contributed by atoms with van der Waals surface area (Å²) in [6.07, 6.45) is 0.0929. The standard InChI is InChI=1S/C19H18N2O5S/c1-13(22)14-7-9-15(10-8-14)20-19(24)17-11-12-18(23)21(17)27(25,26)16-5-3-2-4-6-16/h2-10,17H,11-12H2,1H3,(H,20,24)/t17-/m0/s1. The van der Waals surface area contributed by atoms with Crippen LogP contribution in [0, 0.1) is 0 Å². The van der Waals surface area contributed by atoms with E-state index in [-0.39, 0.29) is 23.5 Å². The molecule has 1 aliphatic heterocycles. The summed E-state index contributed by atoms with van der Waals surface area (Å²) in [5, 5.41) is 2.62. The molecule has 2 amide bonds. The molecule has 140 valence electrons. The Kier molecular flexibility index (Phi) is 5.09. The Morgan fingerprint density at radius 2 is 1.67 bits per heavy atom. The predicted molar refractivity (Wildman–Crippen MR) is 98.6 cm³/mol. The summed E-state index contributed by atoms with van der Waals surface area (Å²) in [5.74, 6) is -1.30. The molecule has 0 saturated carbocycles. The molecule has 2 aromatic carbocycles. The molecule has 1 aliphatic rings. The maximum atomic E-state index is 12.8. The Morgan fingerprint density at radius 1 is 1.04 bits per heavy atom. The molecule has 1 fully saturated rings. The number of anilines is 1. The van der Waals surface area contributed by atoms with Crippen molar-refractivity contribution in [1.29, 1.82) is 0 Å². The lowest BCUT2D eigenvalue weighted by molar-refractivity contribution is -0.128. The Balaban J connectivity index is 1.83. The van der Waals surface area contributed by atoms with Crippen LogP contribution in [-0.2, 0) is 19.6 Å². The van der Waals surface area contributed by atoms with E-state index in [9.17, 15) is 22.8 Å². The SMILES string of the molecule is CC(=O)c1ccc(NC(=O)[C@@H]2CCC(=O)N2S(=O)(=O)c2ccccc2)cc1. The van der Waals surface area contributed by atoms with Crippen LogP contribution in [0.3, 0.4) is 0 Å². The van der Waals surface area contributed by atoms with Crippen molar-refractivity contribution >= 4 is 33.3 Å². The van der Waals surface area contributed by atoms with Gasteiger partial charge in [0.25, 0.3) is 10.0 Å². The largest absolute Gasteiger partial charge is 0.324 e. The minimum absolute atomic E-state index is 0.0204. The first-order valence-corrected chi connectivity index (χ1v) is 9.79. The van der Waals surface area contributed by atoms with E-state index in [0.717, 1.165) is 0 Å². The topological polar surface area (TPSA) is 101 Å². The predicted octanol–water partition coefficient (Wildman–Crippen LogP) is 2.21. The maximum absolute atomic E-state index is 12.8. The van der Waals surface area contributed by atoms with Crippen LogP contribution in [0.5, 0.6) is 0 Å². The number of rotatable bonds is 5. The average molecular weight is 386 g/mol. The Morgan fingerprint density at radius 3 is 2.26 bits per heavy atom. The van der Waals surface area contributed by atoms with Crippen LogP contribution in [0.15, 0.2) is 59.5 Å². The van der Waals surface area contributed by atoms with Crippen molar-refractivity contribution in [3.63, 3.8) is 0 Å². The van der Waals surface area contributed by atoms with Gasteiger partial charge in [0.05, 0.1) is 4.90 Å². The fourth-order valence-corrected chi connectivity index (χ4v) is 4.54. The zero-order chi connectivity index (χ0) is 19.6. The number of carbonyl (C=O) groups is 3. The molecule has 0 spiro atoms. The van der Waals surface area contributed by atoms with Crippen LogP contribution in [-0.4, -0.2) is 36.4 Å². The van der Waals surface area contributed by atoms with Gasteiger partial charge in [-0.25, -0.2) is 12.7 Å². The number of benzene rings is 2. The lowest BCUT2D eigenvalue weighted by Gasteiger charge is -2.23. The number of ketones is 1. The maximum Gasteiger partial charge on any atom is 0.267 e. The summed E-state index contributed by atoms with van der Waals surface area (Å²) in [7, 11) is -4.11. The number of hydrogen-bond donors (Lipinski definition) is 1. The van der Waals surface area contributed by atoms with E-state index in [2.05, 4.69) is 5.32 Å². The quantitative estimate of drug-likeness (QED) is 0.794. The smallest absolute Gasteiger partial charge is 0.267 e. The molecular weight excluding hydrogens is 368 g/mol. The number of carbonyl (C=O) groups excluding carboxylic acids is 3. The average Bonchev–Trinajstić information content (AvgIpc) is 3.05. The van der Waals surface area contributed by atoms with Crippen molar-refractivity contribution in [2.24, 2.45) is 0 Å². The summed E-state index contributed by atoms with van der Waals surface area (Å²) in [4.78, 5) is 36.1. The molecule has 0 bridgehead atoms. The zero-order valence-electron chi connectivity index (χ0n) is 14.6. The summed E-state index contributed by atoms with van der Waals surface area (Å²) in [6.45, 7) is 1.43. The third-order valence-electron chi connectivity index (χ3n) is 4.32. The highest BCUT2D eigenvalue weighted by molar-refractivity contribution is 7.89. The van der Waals surface area contributed by atoms with Gasteiger partial charge in [0, 0.05) is 17.7 Å². The minimum Gasteiger partial charge on any atom is -0.324 e. The van der Waals surface area contributed by atoms with Gasteiger partial charge in [0.1, 0.15) is 6.04 Å². The number of sulfonamides is 1. The van der Waals surface area contributed by atoms with E-state index in [1.165, 1.54) is 19.1 Å². The Hall–Kier alpha value is -3.00. The first kappa shape index (κ1) is 18.8. The monoisotopic (exact) mass is 386 g/mol. The van der Waals surface area contributed by atoms with Crippen molar-refractivity contribution in [2.45, 2.75) is 30.7 Å². The Labute approximate surface area is 157 Å². The third-order valence-corrected chi connectivity index (χ3v) is 6.17. The van der Waals surface area contributed by atoms with E-state index in [1.807, 2.05) is 0 Å². The van der Waals surface area contributed by atoms with Gasteiger partial charge >= 0.3 is 0 Å². The normalized spacial score (nSPS) is 17.0. The fraction of sp³-hybridized carbons (Fsp3) is 0.211. The first-order valence-electron chi connectivity index (χ1n) is 8.35. The highest BCUT2D eigenvalue weighted by Gasteiger charge is 2.44. The molecule has 0 unspecified atom stereocenters. The van der Waals surface area contributed by atoms with Crippen molar-refractivity contribution in [3.8, 4) is 0 Å². The van der Waals surface area contributed by atoms with E-state index in [1.54, 1.807) is 42.5 Å². The second-order valence-electron chi connectivity index (χ2n) is 6.18. The van der Waals surface area contributed by atoms with Crippen molar-refractivity contribution in [3.05, 3.63) is 60.2 Å². The molecule has 1 heterocycles. The second-order valence-corrected chi connectivity index (χ2v) is 8.00. The molecule has 3 rings (SSSR count). The van der Waals surface area contributed by atoms with Crippen LogP contribution >= 0.6 is 0 Å². The first-order chi connectivity index (χ1) is 12.8. The fourth-order valence-electron chi connectivity index (χ4n) is 2.92. The van der Waals surface area contributed by atoms with E-state index in [0.29, 0.717) is 15.6 Å². The van der Waals surface area contributed by atoms with Crippen molar-refractivity contribution in [2.75, 3.05) is 5.32 Å². The highest BCUT2D eigenvalue weighted by atomic mass is 32.2. The highest BCUT2D eigenvalue weighted by Crippen LogP contribution is 2.28. The second kappa shape index (κ2) is 7.32. The summed E-state index contributed by atoms with van der Waals surface area (Å²) in [5.41, 5.74) is 0.915. The minimum atomic E-state index is -4.11. The number of hydrogen-bond acceptors (Lipinski definition) is 5. The van der Waals surface area contributed by atoms with E-state index >= 15 is 0 Å². The van der Waals surface area contributed by atoms with Crippen LogP contribution < -0.4 is 5.32 Å². The van der Waals surface area contributed by atoms with Crippen LogP contribution in [0.2, 0.25) is 0 Å². The molecule has 0 aromatic heterocycles. The van der Waals surface area contributed by atoms with E-state index < -0.39 is 27.9 Å². The molecule has 7 nitrogen and oxygen atoms in total. The molecule has 27 heavy (non-hydrogen) atoms. The molecule has 1 N–H and O–H groups in total. The lowest BCUT2D eigenvalue weighted by Crippen LogP contribution is -2.45. The van der Waals surface area contributed by atoms with Crippen molar-refractivity contribution in [1.82, 2.24) is 4.31 Å². The van der Waals surface area contributed by atoms with Gasteiger partial charge in [-0.15, -0.1) is 0 Å². The molecule has 8 heteroatoms. The van der Waals surface area contributed by atoms with Gasteiger partial charge in [-0.05, 0) is 49.7 Å². The lowest BCUT2D eigenvalue weighted by atomic mass is 10.1. The Bertz CT molecular complexity index is 985. The number of amides is 2. The van der Waals surface area contributed by atoms with Gasteiger partial charge in [0.2, 0.25) is 11.8 Å².